The van der Waals surface area contributed by atoms with Crippen LogP contribution >= 0.6 is 0 Å². The Hall–Kier alpha value is -1.33. The van der Waals surface area contributed by atoms with Gasteiger partial charge in [-0.3, -0.25) is 0 Å². The van der Waals surface area contributed by atoms with Crippen molar-refractivity contribution in [2.75, 3.05) is 0 Å². The predicted molar refractivity (Wildman–Crippen MR) is 93.5 cm³/mol. The van der Waals surface area contributed by atoms with E-state index in [2.05, 4.69) is 11.7 Å². The second kappa shape index (κ2) is 8.36. The monoisotopic (exact) mass is 390 g/mol. The third-order valence-corrected chi connectivity index (χ3v) is 6.62. The summed E-state index contributed by atoms with van der Waals surface area (Å²) in [6, 6.07) is 2.00. The van der Waals surface area contributed by atoms with Crippen LogP contribution in [0.2, 0.25) is 0 Å². The molecule has 0 atom stereocenters. The lowest BCUT2D eigenvalue weighted by molar-refractivity contribution is -0.276. The number of hydrogen-bond acceptors (Lipinski definition) is 1. The fourth-order valence-electron chi connectivity index (χ4n) is 5.02. The van der Waals surface area contributed by atoms with Gasteiger partial charge >= 0.3 is 6.36 Å². The summed E-state index contributed by atoms with van der Waals surface area (Å²) in [5.41, 5.74) is 0.438. The molecule has 1 aromatic rings. The van der Waals surface area contributed by atoms with E-state index >= 15 is 0 Å². The molecule has 2 aliphatic rings. The lowest BCUT2D eigenvalue weighted by Crippen LogP contribution is -2.25. The summed E-state index contributed by atoms with van der Waals surface area (Å²) in [5, 5.41) is 0. The minimum atomic E-state index is -5.11. The number of ether oxygens (including phenoxy) is 1. The van der Waals surface area contributed by atoms with Crippen LogP contribution in [0.4, 0.5) is 22.0 Å². The minimum absolute atomic E-state index is 0.00262. The van der Waals surface area contributed by atoms with Crippen LogP contribution < -0.4 is 4.74 Å². The van der Waals surface area contributed by atoms with E-state index in [1.54, 1.807) is 0 Å². The van der Waals surface area contributed by atoms with Gasteiger partial charge in [0.15, 0.2) is 11.6 Å². The van der Waals surface area contributed by atoms with Crippen molar-refractivity contribution in [2.24, 2.45) is 17.8 Å². The van der Waals surface area contributed by atoms with Crippen LogP contribution in [0.3, 0.4) is 0 Å². The molecule has 0 bridgehead atoms. The minimum Gasteiger partial charge on any atom is -0.399 e. The molecule has 0 aromatic heterocycles. The van der Waals surface area contributed by atoms with Gasteiger partial charge in [0.05, 0.1) is 0 Å². The van der Waals surface area contributed by atoms with Crippen molar-refractivity contribution >= 4 is 0 Å². The second-order valence-electron chi connectivity index (χ2n) is 8.16. The van der Waals surface area contributed by atoms with Crippen LogP contribution in [0.5, 0.6) is 5.75 Å². The molecule has 3 rings (SSSR count). The Kier molecular flexibility index (Phi) is 6.32. The molecular formula is C21H27F5O. The molecule has 6 heteroatoms. The van der Waals surface area contributed by atoms with Crippen LogP contribution in [0, 0.1) is 29.4 Å². The number of alkyl halides is 3. The molecule has 0 radical (unpaired) electrons. The number of halogens is 5. The molecule has 0 spiro atoms. The fraction of sp³-hybridized carbons (Fsp3) is 0.714. The standard InChI is InChI=1S/C21H27F5O/c1-2-13-3-5-14(6-4-13)15-7-9-16(10-8-15)17-11-18(22)20(19(23)12-17)27-21(24,25)26/h11-16H,2-10H2,1H3. The van der Waals surface area contributed by atoms with Gasteiger partial charge in [-0.05, 0) is 79.9 Å². The van der Waals surface area contributed by atoms with Crippen molar-refractivity contribution in [3.63, 3.8) is 0 Å². The molecule has 2 saturated carbocycles. The van der Waals surface area contributed by atoms with Gasteiger partial charge in [0.2, 0.25) is 5.75 Å². The van der Waals surface area contributed by atoms with Crippen molar-refractivity contribution in [2.45, 2.75) is 77.0 Å². The van der Waals surface area contributed by atoms with Crippen molar-refractivity contribution in [3.8, 4) is 5.75 Å². The molecule has 1 nitrogen and oxygen atoms in total. The molecule has 0 heterocycles. The molecule has 0 aliphatic heterocycles. The number of hydrogen-bond donors (Lipinski definition) is 0. The lowest BCUT2D eigenvalue weighted by Gasteiger charge is -2.38. The Morgan fingerprint density at radius 1 is 0.852 bits per heavy atom. The summed E-state index contributed by atoms with van der Waals surface area (Å²) in [6.07, 6.45) is 5.01. The van der Waals surface area contributed by atoms with Gasteiger partial charge in [-0.25, -0.2) is 8.78 Å². The van der Waals surface area contributed by atoms with Gasteiger partial charge in [0.25, 0.3) is 0 Å². The summed E-state index contributed by atoms with van der Waals surface area (Å²) in [6.45, 7) is 2.25. The maximum absolute atomic E-state index is 14.0. The first-order valence-electron chi connectivity index (χ1n) is 10.0. The van der Waals surface area contributed by atoms with E-state index < -0.39 is 23.7 Å². The van der Waals surface area contributed by atoms with E-state index in [-0.39, 0.29) is 5.92 Å². The van der Waals surface area contributed by atoms with Crippen LogP contribution in [0.25, 0.3) is 0 Å². The smallest absolute Gasteiger partial charge is 0.399 e. The molecule has 0 N–H and O–H groups in total. The van der Waals surface area contributed by atoms with Gasteiger partial charge in [-0.1, -0.05) is 26.2 Å². The third-order valence-electron chi connectivity index (χ3n) is 6.62. The maximum Gasteiger partial charge on any atom is 0.573 e. The fourth-order valence-corrected chi connectivity index (χ4v) is 5.02. The summed E-state index contributed by atoms with van der Waals surface area (Å²) < 4.78 is 68.2. The first-order valence-corrected chi connectivity index (χ1v) is 10.0. The summed E-state index contributed by atoms with van der Waals surface area (Å²) in [5.74, 6) is -1.66. The zero-order valence-corrected chi connectivity index (χ0v) is 15.6. The van der Waals surface area contributed by atoms with Crippen molar-refractivity contribution in [3.05, 3.63) is 29.3 Å². The Balaban J connectivity index is 1.59. The molecule has 2 aliphatic carbocycles. The van der Waals surface area contributed by atoms with E-state index in [1.807, 2.05) is 0 Å². The zero-order chi connectivity index (χ0) is 19.6. The van der Waals surface area contributed by atoms with Gasteiger partial charge in [0, 0.05) is 0 Å². The molecule has 0 saturated heterocycles. The first kappa shape index (κ1) is 20.4. The van der Waals surface area contributed by atoms with Gasteiger partial charge in [0.1, 0.15) is 0 Å². The molecule has 0 amide bonds. The first-order chi connectivity index (χ1) is 12.8. The van der Waals surface area contributed by atoms with Gasteiger partial charge in [-0.2, -0.15) is 0 Å². The second-order valence-corrected chi connectivity index (χ2v) is 8.16. The Morgan fingerprint density at radius 2 is 1.33 bits per heavy atom. The van der Waals surface area contributed by atoms with E-state index in [0.29, 0.717) is 11.5 Å². The quantitative estimate of drug-likeness (QED) is 0.488. The zero-order valence-electron chi connectivity index (χ0n) is 15.6. The summed E-state index contributed by atoms with van der Waals surface area (Å²) in [7, 11) is 0. The van der Waals surface area contributed by atoms with E-state index in [1.165, 1.54) is 32.1 Å². The molecule has 2 fully saturated rings. The highest BCUT2D eigenvalue weighted by Crippen LogP contribution is 2.45. The van der Waals surface area contributed by atoms with E-state index in [4.69, 9.17) is 0 Å². The van der Waals surface area contributed by atoms with Crippen LogP contribution in [-0.4, -0.2) is 6.36 Å². The maximum atomic E-state index is 14.0. The average molecular weight is 390 g/mol. The SMILES string of the molecule is CCC1CCC(C2CCC(c3cc(F)c(OC(F)(F)F)c(F)c3)CC2)CC1. The Labute approximate surface area is 157 Å². The van der Waals surface area contributed by atoms with Crippen LogP contribution in [-0.2, 0) is 0 Å². The Bertz CT molecular complexity index is 603. The molecule has 152 valence electrons. The van der Waals surface area contributed by atoms with Crippen molar-refractivity contribution in [1.29, 1.82) is 0 Å². The van der Waals surface area contributed by atoms with Crippen LogP contribution in [0.1, 0.15) is 76.2 Å². The highest BCUT2D eigenvalue weighted by atomic mass is 19.4. The topological polar surface area (TPSA) is 9.23 Å². The van der Waals surface area contributed by atoms with Crippen LogP contribution in [0.15, 0.2) is 12.1 Å². The van der Waals surface area contributed by atoms with Gasteiger partial charge < -0.3 is 4.74 Å². The largest absolute Gasteiger partial charge is 0.573 e. The molecule has 0 unspecified atom stereocenters. The summed E-state index contributed by atoms with van der Waals surface area (Å²) >= 11 is 0. The van der Waals surface area contributed by atoms with Crippen molar-refractivity contribution < 1.29 is 26.7 Å². The van der Waals surface area contributed by atoms with Crippen molar-refractivity contribution in [1.82, 2.24) is 0 Å². The number of benzene rings is 1. The number of rotatable bonds is 4. The van der Waals surface area contributed by atoms with E-state index in [9.17, 15) is 22.0 Å². The molecule has 1 aromatic carbocycles. The molecular weight excluding hydrogens is 363 g/mol. The lowest BCUT2D eigenvalue weighted by atomic mass is 9.68. The highest BCUT2D eigenvalue weighted by Gasteiger charge is 2.35. The molecule has 27 heavy (non-hydrogen) atoms. The van der Waals surface area contributed by atoms with E-state index in [0.717, 1.165) is 49.7 Å². The third kappa shape index (κ3) is 5.14. The average Bonchev–Trinajstić information content (AvgIpc) is 2.64. The predicted octanol–water partition coefficient (Wildman–Crippen LogP) is 7.35. The van der Waals surface area contributed by atoms with Gasteiger partial charge in [-0.15, -0.1) is 13.2 Å². The Morgan fingerprint density at radius 3 is 1.78 bits per heavy atom. The normalized spacial score (nSPS) is 29.6. The highest BCUT2D eigenvalue weighted by molar-refractivity contribution is 5.33. The summed E-state index contributed by atoms with van der Waals surface area (Å²) in [4.78, 5) is 0.